The minimum Gasteiger partial charge on any atom is -0.489 e. The number of benzene rings is 1. The van der Waals surface area contributed by atoms with Gasteiger partial charge in [-0.05, 0) is 28.0 Å². The highest BCUT2D eigenvalue weighted by atomic mass is 19.1. The van der Waals surface area contributed by atoms with Crippen LogP contribution in [0.25, 0.3) is 5.69 Å². The van der Waals surface area contributed by atoms with Crippen LogP contribution in [0.15, 0.2) is 16.9 Å². The molecule has 1 saturated heterocycles. The van der Waals surface area contributed by atoms with Gasteiger partial charge in [-0.2, -0.15) is 9.36 Å². The van der Waals surface area contributed by atoms with Crippen molar-refractivity contribution in [3.63, 3.8) is 0 Å². The Morgan fingerprint density at radius 2 is 2.17 bits per heavy atom. The fourth-order valence-electron chi connectivity index (χ4n) is 2.35. The van der Waals surface area contributed by atoms with Gasteiger partial charge in [0.1, 0.15) is 23.9 Å². The highest BCUT2D eigenvalue weighted by molar-refractivity contribution is 5.49. The number of aromatic nitrogens is 4. The van der Waals surface area contributed by atoms with Crippen molar-refractivity contribution in [2.24, 2.45) is 7.05 Å². The summed E-state index contributed by atoms with van der Waals surface area (Å²) in [7, 11) is 1.50. The Labute approximate surface area is 132 Å². The third-order valence-electron chi connectivity index (χ3n) is 3.87. The molecule has 8 heteroatoms. The Morgan fingerprint density at radius 1 is 1.43 bits per heavy atom. The Morgan fingerprint density at radius 3 is 2.70 bits per heavy atom. The van der Waals surface area contributed by atoms with Gasteiger partial charge in [0.25, 0.3) is 0 Å². The first-order valence-electron chi connectivity index (χ1n) is 7.54. The summed E-state index contributed by atoms with van der Waals surface area (Å²) in [5, 5.41) is 7.52. The van der Waals surface area contributed by atoms with E-state index in [4.69, 9.17) is 9.47 Å². The van der Waals surface area contributed by atoms with E-state index < -0.39 is 5.69 Å². The van der Waals surface area contributed by atoms with E-state index >= 15 is 0 Å². The van der Waals surface area contributed by atoms with Crippen LogP contribution in [-0.2, 0) is 11.8 Å². The van der Waals surface area contributed by atoms with Crippen LogP contribution in [0.5, 0.6) is 5.75 Å². The maximum absolute atomic E-state index is 14.3. The number of hydrogen-bond donors (Lipinski definition) is 0. The lowest BCUT2D eigenvalue weighted by molar-refractivity contribution is -0.0721. The van der Waals surface area contributed by atoms with Crippen molar-refractivity contribution in [3.8, 4) is 11.4 Å². The van der Waals surface area contributed by atoms with Gasteiger partial charge < -0.3 is 9.47 Å². The van der Waals surface area contributed by atoms with Crippen molar-refractivity contribution < 1.29 is 13.9 Å². The van der Waals surface area contributed by atoms with E-state index in [0.29, 0.717) is 24.5 Å². The van der Waals surface area contributed by atoms with E-state index in [2.05, 4.69) is 10.4 Å². The number of rotatable bonds is 5. The normalized spacial score (nSPS) is 17.3. The van der Waals surface area contributed by atoms with Gasteiger partial charge >= 0.3 is 5.69 Å². The van der Waals surface area contributed by atoms with E-state index in [-0.39, 0.29) is 23.6 Å². The average Bonchev–Trinajstić information content (AvgIpc) is 2.77. The van der Waals surface area contributed by atoms with E-state index in [1.165, 1.54) is 13.1 Å². The Bertz CT molecular complexity index is 765. The molecular formula is C15H19FN4O3. The first-order valence-corrected chi connectivity index (χ1v) is 7.54. The van der Waals surface area contributed by atoms with Gasteiger partial charge in [0.2, 0.25) is 0 Å². The zero-order valence-electron chi connectivity index (χ0n) is 13.3. The summed E-state index contributed by atoms with van der Waals surface area (Å²) in [6, 6.07) is 2.89. The van der Waals surface area contributed by atoms with Crippen LogP contribution in [0, 0.1) is 5.82 Å². The first kappa shape index (κ1) is 15.7. The molecule has 0 bridgehead atoms. The number of tetrazole rings is 1. The van der Waals surface area contributed by atoms with Crippen molar-refractivity contribution >= 4 is 0 Å². The molecule has 2 heterocycles. The molecule has 0 radical (unpaired) electrons. The molecule has 1 aliphatic heterocycles. The Balaban J connectivity index is 2.03. The molecule has 0 N–H and O–H groups in total. The zero-order valence-corrected chi connectivity index (χ0v) is 13.3. The van der Waals surface area contributed by atoms with Gasteiger partial charge in [-0.3, -0.25) is 0 Å². The highest BCUT2D eigenvalue weighted by Gasteiger charge is 2.22. The van der Waals surface area contributed by atoms with E-state index in [0.717, 1.165) is 15.8 Å². The predicted molar refractivity (Wildman–Crippen MR) is 80.5 cm³/mol. The van der Waals surface area contributed by atoms with Crippen LogP contribution >= 0.6 is 0 Å². The molecule has 23 heavy (non-hydrogen) atoms. The van der Waals surface area contributed by atoms with E-state index in [1.807, 2.05) is 13.8 Å². The molecule has 0 spiro atoms. The maximum Gasteiger partial charge on any atom is 0.368 e. The Kier molecular flexibility index (Phi) is 4.16. The topological polar surface area (TPSA) is 71.2 Å². The predicted octanol–water partition coefficient (Wildman–Crippen LogP) is 1.40. The second kappa shape index (κ2) is 6.11. The molecule has 1 aromatic carbocycles. The summed E-state index contributed by atoms with van der Waals surface area (Å²) in [6.07, 6.45) is 0.918. The van der Waals surface area contributed by atoms with Crippen LogP contribution in [0.3, 0.4) is 0 Å². The van der Waals surface area contributed by atoms with Crippen LogP contribution in [0.1, 0.15) is 31.7 Å². The largest absolute Gasteiger partial charge is 0.489 e. The number of hydrogen-bond acceptors (Lipinski definition) is 5. The van der Waals surface area contributed by atoms with Gasteiger partial charge in [-0.15, -0.1) is 0 Å². The molecule has 1 unspecified atom stereocenters. The van der Waals surface area contributed by atoms with Crippen LogP contribution in [0.2, 0.25) is 0 Å². The molecular weight excluding hydrogens is 303 g/mol. The zero-order chi connectivity index (χ0) is 16.6. The SMILES string of the molecule is CC(C)c1cc(-n2nnn(C)c2=O)c(OCC2CCO2)cc1F. The summed E-state index contributed by atoms with van der Waals surface area (Å²) in [4.78, 5) is 12.1. The van der Waals surface area contributed by atoms with Crippen molar-refractivity contribution in [1.82, 2.24) is 19.8 Å². The third-order valence-corrected chi connectivity index (χ3v) is 3.87. The van der Waals surface area contributed by atoms with Crippen LogP contribution in [0.4, 0.5) is 4.39 Å². The van der Waals surface area contributed by atoms with Crippen molar-refractivity contribution in [2.75, 3.05) is 13.2 Å². The smallest absolute Gasteiger partial charge is 0.368 e. The molecule has 2 aromatic rings. The minimum atomic E-state index is -0.420. The summed E-state index contributed by atoms with van der Waals surface area (Å²) >= 11 is 0. The molecule has 0 amide bonds. The highest BCUT2D eigenvalue weighted by Crippen LogP contribution is 2.30. The molecule has 0 aliphatic carbocycles. The molecule has 1 aliphatic rings. The molecule has 1 atom stereocenters. The number of ether oxygens (including phenoxy) is 2. The molecule has 124 valence electrons. The lowest BCUT2D eigenvalue weighted by atomic mass is 10.0. The van der Waals surface area contributed by atoms with Crippen molar-refractivity contribution in [2.45, 2.75) is 32.3 Å². The lowest BCUT2D eigenvalue weighted by Gasteiger charge is -2.26. The molecule has 1 fully saturated rings. The summed E-state index contributed by atoms with van der Waals surface area (Å²) in [5.41, 5.74) is 0.452. The fraction of sp³-hybridized carbons (Fsp3) is 0.533. The standard InChI is InChI=1S/C15H19FN4O3/c1-9(2)11-6-13(20-15(21)19(3)17-18-20)14(7-12(11)16)23-8-10-4-5-22-10/h6-7,9-10H,4-5,8H2,1-3H3. The lowest BCUT2D eigenvalue weighted by Crippen LogP contribution is -2.33. The molecule has 7 nitrogen and oxygen atoms in total. The molecule has 0 saturated carbocycles. The average molecular weight is 322 g/mol. The maximum atomic E-state index is 14.3. The van der Waals surface area contributed by atoms with Gasteiger partial charge in [0, 0.05) is 26.1 Å². The van der Waals surface area contributed by atoms with Crippen LogP contribution < -0.4 is 10.4 Å². The molecule has 3 rings (SSSR count). The summed E-state index contributed by atoms with van der Waals surface area (Å²) < 4.78 is 27.5. The monoisotopic (exact) mass is 322 g/mol. The van der Waals surface area contributed by atoms with E-state index in [1.54, 1.807) is 6.07 Å². The summed E-state index contributed by atoms with van der Waals surface area (Å²) in [5.74, 6) is -0.152. The second-order valence-corrected chi connectivity index (χ2v) is 5.89. The third kappa shape index (κ3) is 2.98. The van der Waals surface area contributed by atoms with Crippen molar-refractivity contribution in [1.29, 1.82) is 0 Å². The summed E-state index contributed by atoms with van der Waals surface area (Å²) in [6.45, 7) is 4.78. The number of aryl methyl sites for hydroxylation is 1. The fourth-order valence-corrected chi connectivity index (χ4v) is 2.35. The van der Waals surface area contributed by atoms with Crippen molar-refractivity contribution in [3.05, 3.63) is 34.0 Å². The number of nitrogens with zero attached hydrogens (tertiary/aromatic N) is 4. The minimum absolute atomic E-state index is 0.00858. The quantitative estimate of drug-likeness (QED) is 0.832. The first-order chi connectivity index (χ1) is 11.0. The van der Waals surface area contributed by atoms with E-state index in [9.17, 15) is 9.18 Å². The van der Waals surface area contributed by atoms with Crippen LogP contribution in [-0.4, -0.2) is 39.1 Å². The molecule has 1 aromatic heterocycles. The van der Waals surface area contributed by atoms with Gasteiger partial charge in [0.05, 0.1) is 6.10 Å². The van der Waals surface area contributed by atoms with Gasteiger partial charge in [-0.25, -0.2) is 9.18 Å². The number of halogens is 1. The second-order valence-electron chi connectivity index (χ2n) is 5.89. The Hall–Kier alpha value is -2.22. The van der Waals surface area contributed by atoms with Gasteiger partial charge in [0.15, 0.2) is 0 Å². The van der Waals surface area contributed by atoms with Gasteiger partial charge in [-0.1, -0.05) is 13.8 Å².